The van der Waals surface area contributed by atoms with Gasteiger partial charge in [-0.05, 0) is 51.0 Å². The molecule has 10 nitrogen and oxygen atoms in total. The Bertz CT molecular complexity index is 1610. The molecule has 1 aliphatic rings. The Kier molecular flexibility index (Phi) is 9.42. The summed E-state index contributed by atoms with van der Waals surface area (Å²) in [6, 6.07) is 4.18. The van der Waals surface area contributed by atoms with Crippen LogP contribution in [0.25, 0.3) is 11.3 Å². The Balaban J connectivity index is 1.38. The maximum absolute atomic E-state index is 13.7. The fourth-order valence-corrected chi connectivity index (χ4v) is 4.15. The number of aromatic nitrogens is 4. The normalized spacial score (nSPS) is 14.7. The van der Waals surface area contributed by atoms with Crippen LogP contribution in [0.2, 0.25) is 0 Å². The molecule has 0 fully saturated rings. The van der Waals surface area contributed by atoms with Crippen molar-refractivity contribution in [3.63, 3.8) is 0 Å². The van der Waals surface area contributed by atoms with Crippen LogP contribution in [-0.4, -0.2) is 55.8 Å². The molecule has 2 heterocycles. The van der Waals surface area contributed by atoms with Gasteiger partial charge in [-0.15, -0.1) is 0 Å². The monoisotopic (exact) mass is 596 g/mol. The fraction of sp³-hybridized carbons (Fsp3) is 0.333. The molecule has 1 aromatic carbocycles. The molecule has 4 rings (SSSR count). The molecule has 1 unspecified atom stereocenters. The zero-order chi connectivity index (χ0) is 31.3. The Hall–Kier alpha value is -4.81. The van der Waals surface area contributed by atoms with Crippen molar-refractivity contribution < 1.29 is 27.5 Å². The minimum atomic E-state index is -1.58. The van der Waals surface area contributed by atoms with E-state index in [1.807, 2.05) is 18.2 Å². The molecule has 0 bridgehead atoms. The molecule has 43 heavy (non-hydrogen) atoms. The summed E-state index contributed by atoms with van der Waals surface area (Å²) in [5.74, 6) is -4.31. The van der Waals surface area contributed by atoms with Crippen LogP contribution in [0.15, 0.2) is 65.3 Å². The average molecular weight is 597 g/mol. The van der Waals surface area contributed by atoms with Gasteiger partial charge in [-0.2, -0.15) is 5.10 Å². The van der Waals surface area contributed by atoms with Gasteiger partial charge in [0.05, 0.1) is 12.2 Å². The van der Waals surface area contributed by atoms with E-state index >= 15 is 0 Å². The molecule has 226 valence electrons. The van der Waals surface area contributed by atoms with Crippen LogP contribution in [0.5, 0.6) is 0 Å². The first-order valence-electron chi connectivity index (χ1n) is 13.4. The maximum Gasteiger partial charge on any atom is 0.410 e. The minimum Gasteiger partial charge on any atom is -0.444 e. The van der Waals surface area contributed by atoms with Crippen molar-refractivity contribution in [2.75, 3.05) is 13.6 Å². The highest BCUT2D eigenvalue weighted by Gasteiger charge is 2.21. The fourth-order valence-electron chi connectivity index (χ4n) is 4.15. The third-order valence-electron chi connectivity index (χ3n) is 6.25. The van der Waals surface area contributed by atoms with E-state index in [0.717, 1.165) is 22.4 Å². The van der Waals surface area contributed by atoms with Crippen molar-refractivity contribution in [3.8, 4) is 11.3 Å². The Morgan fingerprint density at radius 1 is 1.12 bits per heavy atom. The number of allylic oxidation sites excluding steroid dienone is 4. The van der Waals surface area contributed by atoms with Gasteiger partial charge >= 0.3 is 6.09 Å². The number of hydrogen-bond acceptors (Lipinski definition) is 7. The van der Waals surface area contributed by atoms with Crippen molar-refractivity contribution in [1.29, 1.82) is 0 Å². The lowest BCUT2D eigenvalue weighted by atomic mass is 9.95. The molecule has 2 amide bonds. The number of likely N-dealkylation sites (N-methyl/N-ethyl adjacent to an activating group) is 1. The second-order valence-electron chi connectivity index (χ2n) is 11.0. The summed E-state index contributed by atoms with van der Waals surface area (Å²) < 4.78 is 47.2. The van der Waals surface area contributed by atoms with E-state index < -0.39 is 34.7 Å². The first kappa shape index (κ1) is 31.1. The van der Waals surface area contributed by atoms with Crippen LogP contribution in [0.4, 0.5) is 18.0 Å². The molecule has 1 atom stereocenters. The highest BCUT2D eigenvalue weighted by molar-refractivity contribution is 5.82. The van der Waals surface area contributed by atoms with E-state index in [0.29, 0.717) is 17.8 Å². The van der Waals surface area contributed by atoms with Gasteiger partial charge in [0.25, 0.3) is 5.56 Å². The zero-order valence-corrected chi connectivity index (χ0v) is 24.1. The van der Waals surface area contributed by atoms with Gasteiger partial charge < -0.3 is 15.0 Å². The van der Waals surface area contributed by atoms with Crippen LogP contribution in [0.3, 0.4) is 0 Å². The first-order chi connectivity index (χ1) is 20.3. The number of carbonyl (C=O) groups excluding carboxylic acids is 2. The highest BCUT2D eigenvalue weighted by atomic mass is 19.2. The topological polar surface area (TPSA) is 119 Å². The lowest BCUT2D eigenvalue weighted by Crippen LogP contribution is -2.40. The highest BCUT2D eigenvalue weighted by Crippen LogP contribution is 2.26. The van der Waals surface area contributed by atoms with Crippen molar-refractivity contribution in [2.24, 2.45) is 0 Å². The molecule has 1 aliphatic carbocycles. The molecule has 13 heteroatoms. The SMILES string of the molecule is CN(CC(=O)NCc1cnc(C2C=C(Cn3nc(-c4cc(F)c(F)c(F)c4)ccc3=O)C=CC2)nc1)C(=O)OC(C)(C)C. The number of rotatable bonds is 8. The number of benzene rings is 1. The molecule has 2 aromatic heterocycles. The predicted octanol–water partition coefficient (Wildman–Crippen LogP) is 4.27. The quantitative estimate of drug-likeness (QED) is 0.386. The molecule has 0 aliphatic heterocycles. The van der Waals surface area contributed by atoms with E-state index in [4.69, 9.17) is 4.74 Å². The van der Waals surface area contributed by atoms with Crippen molar-refractivity contribution >= 4 is 12.0 Å². The molecule has 1 N–H and O–H groups in total. The van der Waals surface area contributed by atoms with Crippen LogP contribution in [-0.2, 0) is 22.6 Å². The van der Waals surface area contributed by atoms with Gasteiger partial charge in [0.2, 0.25) is 5.91 Å². The van der Waals surface area contributed by atoms with Crippen LogP contribution in [0, 0.1) is 17.5 Å². The summed E-state index contributed by atoms with van der Waals surface area (Å²) in [5, 5.41) is 6.94. The smallest absolute Gasteiger partial charge is 0.410 e. The predicted molar refractivity (Wildman–Crippen MR) is 151 cm³/mol. The van der Waals surface area contributed by atoms with Gasteiger partial charge in [-0.25, -0.2) is 32.6 Å². The number of carbonyl (C=O) groups is 2. The van der Waals surface area contributed by atoms with Crippen LogP contribution in [0.1, 0.15) is 44.5 Å². The summed E-state index contributed by atoms with van der Waals surface area (Å²) in [7, 11) is 1.48. The molecule has 0 spiro atoms. The van der Waals surface area contributed by atoms with Gasteiger partial charge in [0.1, 0.15) is 18.0 Å². The van der Waals surface area contributed by atoms with Crippen LogP contribution >= 0.6 is 0 Å². The third kappa shape index (κ3) is 8.37. The number of nitrogens with zero attached hydrogens (tertiary/aromatic N) is 5. The van der Waals surface area contributed by atoms with Crippen molar-refractivity contribution in [3.05, 3.63) is 99.7 Å². The first-order valence-corrected chi connectivity index (χ1v) is 13.4. The maximum atomic E-state index is 13.7. The molecule has 0 saturated heterocycles. The van der Waals surface area contributed by atoms with Gasteiger partial charge in [-0.1, -0.05) is 18.2 Å². The second-order valence-corrected chi connectivity index (χ2v) is 11.0. The molecule has 0 saturated carbocycles. The number of nitrogens with one attached hydrogen (secondary N) is 1. The molecular formula is C30H31F3N6O4. The summed E-state index contributed by atoms with van der Waals surface area (Å²) in [6.45, 7) is 5.30. The van der Waals surface area contributed by atoms with Gasteiger partial charge in [0, 0.05) is 49.1 Å². The van der Waals surface area contributed by atoms with E-state index in [-0.39, 0.29) is 42.7 Å². The van der Waals surface area contributed by atoms with E-state index in [1.54, 1.807) is 33.2 Å². The largest absolute Gasteiger partial charge is 0.444 e. The van der Waals surface area contributed by atoms with Gasteiger partial charge in [0.15, 0.2) is 17.5 Å². The van der Waals surface area contributed by atoms with E-state index in [9.17, 15) is 27.6 Å². The summed E-state index contributed by atoms with van der Waals surface area (Å²) in [6.07, 6.45) is 8.88. The third-order valence-corrected chi connectivity index (χ3v) is 6.25. The Labute approximate surface area is 245 Å². The number of hydrogen-bond donors (Lipinski definition) is 1. The summed E-state index contributed by atoms with van der Waals surface area (Å²) >= 11 is 0. The molecule has 3 aromatic rings. The molecular weight excluding hydrogens is 565 g/mol. The van der Waals surface area contributed by atoms with Gasteiger partial charge in [-0.3, -0.25) is 9.59 Å². The van der Waals surface area contributed by atoms with E-state index in [2.05, 4.69) is 20.4 Å². The lowest BCUT2D eigenvalue weighted by Gasteiger charge is -2.24. The van der Waals surface area contributed by atoms with E-state index in [1.165, 1.54) is 24.1 Å². The second kappa shape index (κ2) is 13.0. The Morgan fingerprint density at radius 2 is 1.79 bits per heavy atom. The Morgan fingerprint density at radius 3 is 2.44 bits per heavy atom. The zero-order valence-electron chi connectivity index (χ0n) is 24.1. The summed E-state index contributed by atoms with van der Waals surface area (Å²) in [4.78, 5) is 46.8. The average Bonchev–Trinajstić information content (AvgIpc) is 2.95. The lowest BCUT2D eigenvalue weighted by molar-refractivity contribution is -0.122. The summed E-state index contributed by atoms with van der Waals surface area (Å²) in [5.41, 5.74) is 0.415. The van der Waals surface area contributed by atoms with Crippen molar-refractivity contribution in [1.82, 2.24) is 30.0 Å². The van der Waals surface area contributed by atoms with Crippen molar-refractivity contribution in [2.45, 2.75) is 51.8 Å². The minimum absolute atomic E-state index is 0.00377. The molecule has 0 radical (unpaired) electrons. The van der Waals surface area contributed by atoms with Crippen LogP contribution < -0.4 is 10.9 Å². The standard InChI is InChI=1S/C30H31F3N6O4/c1-30(2,3)43-29(42)38(4)17-25(40)34-13-19-14-35-28(36-15-19)20-7-5-6-18(10-20)16-39-26(41)9-8-24(37-39)21-11-22(31)27(33)23(32)12-21/h5-6,8-12,14-15,20H,7,13,16-17H2,1-4H3,(H,34,40). The number of halogens is 3. The number of ether oxygens (including phenoxy) is 1. The number of amides is 2.